The van der Waals surface area contributed by atoms with E-state index in [0.717, 1.165) is 17.7 Å². The van der Waals surface area contributed by atoms with E-state index < -0.39 is 6.23 Å². The number of para-hydroxylation sites is 1. The number of fused-ring (bicyclic) bond motifs is 1. The molecule has 24 heavy (non-hydrogen) atoms. The lowest BCUT2D eigenvalue weighted by molar-refractivity contribution is 0.222. The predicted octanol–water partition coefficient (Wildman–Crippen LogP) is 5.01. The van der Waals surface area contributed by atoms with E-state index in [1.807, 2.05) is 24.1 Å². The molecule has 1 heterocycles. The zero-order chi connectivity index (χ0) is 16.9. The Labute approximate surface area is 145 Å². The topological polar surface area (TPSA) is 23.5 Å². The van der Waals surface area contributed by atoms with Gasteiger partial charge in [0, 0.05) is 18.3 Å². The van der Waals surface area contributed by atoms with Gasteiger partial charge in [0.1, 0.15) is 6.23 Å². The first-order valence-electron chi connectivity index (χ1n) is 9.02. The van der Waals surface area contributed by atoms with Gasteiger partial charge in [-0.2, -0.15) is 0 Å². The summed E-state index contributed by atoms with van der Waals surface area (Å²) < 4.78 is 0. The Morgan fingerprint density at radius 3 is 2.46 bits per heavy atom. The van der Waals surface area contributed by atoms with Gasteiger partial charge < -0.3 is 10.0 Å². The molecule has 1 unspecified atom stereocenters. The number of benzene rings is 2. The van der Waals surface area contributed by atoms with Gasteiger partial charge in [0.25, 0.3) is 0 Å². The minimum Gasteiger partial charge on any atom is -0.370 e. The normalized spacial score (nSPS) is 16.7. The quantitative estimate of drug-likeness (QED) is 0.756. The number of aliphatic hydroxyl groups excluding tert-OH is 1. The molecule has 0 saturated carbocycles. The van der Waals surface area contributed by atoms with Crippen molar-refractivity contribution in [3.05, 3.63) is 71.3 Å². The van der Waals surface area contributed by atoms with E-state index in [1.165, 1.54) is 42.4 Å². The summed E-state index contributed by atoms with van der Waals surface area (Å²) in [5.41, 5.74) is 5.95. The zero-order valence-corrected chi connectivity index (χ0v) is 14.7. The van der Waals surface area contributed by atoms with Crippen LogP contribution in [-0.2, 0) is 6.42 Å². The van der Waals surface area contributed by atoms with Crippen LogP contribution in [0.4, 0.5) is 5.69 Å². The van der Waals surface area contributed by atoms with Gasteiger partial charge in [-0.25, -0.2) is 0 Å². The summed E-state index contributed by atoms with van der Waals surface area (Å²) >= 11 is 0. The van der Waals surface area contributed by atoms with Crippen LogP contribution < -0.4 is 4.90 Å². The van der Waals surface area contributed by atoms with Gasteiger partial charge in [-0.05, 0) is 41.7 Å². The van der Waals surface area contributed by atoms with E-state index >= 15 is 0 Å². The Hall–Kier alpha value is -2.06. The number of aryl methyl sites for hydroxylation is 1. The third-order valence-electron chi connectivity index (χ3n) is 4.87. The standard InChI is InChI=1S/C22H27NO/c1-3-4-5-6-9-17-12-14-18(15-13-17)20-16-22(24)23(2)21-11-8-7-10-19(20)21/h7-8,10-16,22,24H,3-6,9H2,1-2H3. The minimum absolute atomic E-state index is 0.580. The van der Waals surface area contributed by atoms with Gasteiger partial charge in [-0.15, -0.1) is 0 Å². The van der Waals surface area contributed by atoms with Crippen molar-refractivity contribution in [2.75, 3.05) is 11.9 Å². The molecule has 1 atom stereocenters. The maximum Gasteiger partial charge on any atom is 0.146 e. The number of nitrogens with zero attached hydrogens (tertiary/aromatic N) is 1. The monoisotopic (exact) mass is 321 g/mol. The highest BCUT2D eigenvalue weighted by Crippen LogP contribution is 2.36. The van der Waals surface area contributed by atoms with Crippen molar-refractivity contribution >= 4 is 11.3 Å². The summed E-state index contributed by atoms with van der Waals surface area (Å²) in [6.45, 7) is 2.25. The lowest BCUT2D eigenvalue weighted by atomic mass is 9.91. The highest BCUT2D eigenvalue weighted by Gasteiger charge is 2.22. The van der Waals surface area contributed by atoms with Crippen LogP contribution in [0, 0.1) is 0 Å². The third-order valence-corrected chi connectivity index (χ3v) is 4.87. The fourth-order valence-corrected chi connectivity index (χ4v) is 3.36. The van der Waals surface area contributed by atoms with Crippen molar-refractivity contribution in [2.45, 2.75) is 45.3 Å². The van der Waals surface area contributed by atoms with E-state index in [4.69, 9.17) is 0 Å². The number of hydrogen-bond donors (Lipinski definition) is 1. The van der Waals surface area contributed by atoms with Crippen LogP contribution in [0.3, 0.4) is 0 Å². The second-order valence-electron chi connectivity index (χ2n) is 6.63. The highest BCUT2D eigenvalue weighted by atomic mass is 16.3. The van der Waals surface area contributed by atoms with Crippen molar-refractivity contribution in [3.8, 4) is 0 Å². The molecule has 0 aromatic heterocycles. The van der Waals surface area contributed by atoms with Crippen LogP contribution in [0.5, 0.6) is 0 Å². The average molecular weight is 321 g/mol. The molecule has 0 fully saturated rings. The molecule has 0 aliphatic carbocycles. The molecule has 0 spiro atoms. The second kappa shape index (κ2) is 7.67. The molecule has 1 aliphatic rings. The van der Waals surface area contributed by atoms with Crippen molar-refractivity contribution < 1.29 is 5.11 Å². The number of anilines is 1. The number of aliphatic hydroxyl groups is 1. The maximum absolute atomic E-state index is 10.3. The molecular weight excluding hydrogens is 294 g/mol. The average Bonchev–Trinajstić information content (AvgIpc) is 2.62. The largest absolute Gasteiger partial charge is 0.370 e. The van der Waals surface area contributed by atoms with Crippen LogP contribution in [-0.4, -0.2) is 18.4 Å². The summed E-state index contributed by atoms with van der Waals surface area (Å²) in [7, 11) is 1.93. The smallest absolute Gasteiger partial charge is 0.146 e. The van der Waals surface area contributed by atoms with E-state index in [1.54, 1.807) is 0 Å². The molecule has 1 aliphatic heterocycles. The molecule has 126 valence electrons. The maximum atomic E-state index is 10.3. The molecular formula is C22H27NO. The SMILES string of the molecule is CCCCCCc1ccc(C2=CC(O)N(C)c3ccccc32)cc1. The Bertz CT molecular complexity index is 702. The van der Waals surface area contributed by atoms with Gasteiger partial charge in [-0.1, -0.05) is 68.7 Å². The van der Waals surface area contributed by atoms with Crippen molar-refractivity contribution in [3.63, 3.8) is 0 Å². The number of hydrogen-bond acceptors (Lipinski definition) is 2. The molecule has 2 heteroatoms. The second-order valence-corrected chi connectivity index (χ2v) is 6.63. The molecule has 2 nitrogen and oxygen atoms in total. The molecule has 0 bridgehead atoms. The third kappa shape index (κ3) is 3.54. The van der Waals surface area contributed by atoms with Crippen molar-refractivity contribution in [1.29, 1.82) is 0 Å². The van der Waals surface area contributed by atoms with Crippen LogP contribution in [0.15, 0.2) is 54.6 Å². The first-order valence-corrected chi connectivity index (χ1v) is 9.02. The van der Waals surface area contributed by atoms with Crippen LogP contribution in [0.1, 0.15) is 49.3 Å². The Morgan fingerprint density at radius 1 is 0.958 bits per heavy atom. The minimum atomic E-state index is -0.580. The van der Waals surface area contributed by atoms with Crippen LogP contribution in [0.2, 0.25) is 0 Å². The highest BCUT2D eigenvalue weighted by molar-refractivity contribution is 5.89. The summed E-state index contributed by atoms with van der Waals surface area (Å²) in [6.07, 6.45) is 7.71. The zero-order valence-electron chi connectivity index (χ0n) is 14.7. The summed E-state index contributed by atoms with van der Waals surface area (Å²) in [5, 5.41) is 10.3. The van der Waals surface area contributed by atoms with Gasteiger partial charge in [0.15, 0.2) is 0 Å². The van der Waals surface area contributed by atoms with Gasteiger partial charge >= 0.3 is 0 Å². The summed E-state index contributed by atoms with van der Waals surface area (Å²) in [6, 6.07) is 17.1. The fraction of sp³-hybridized carbons (Fsp3) is 0.364. The molecule has 0 radical (unpaired) electrons. The predicted molar refractivity (Wildman–Crippen MR) is 102 cm³/mol. The van der Waals surface area contributed by atoms with E-state index in [9.17, 15) is 5.11 Å². The van der Waals surface area contributed by atoms with E-state index in [-0.39, 0.29) is 0 Å². The van der Waals surface area contributed by atoms with Crippen LogP contribution >= 0.6 is 0 Å². The Balaban J connectivity index is 1.80. The molecule has 2 aromatic carbocycles. The van der Waals surface area contributed by atoms with Gasteiger partial charge in [0.2, 0.25) is 0 Å². The molecule has 0 amide bonds. The number of rotatable bonds is 6. The molecule has 3 rings (SSSR count). The van der Waals surface area contributed by atoms with Gasteiger partial charge in [0.05, 0.1) is 0 Å². The lowest BCUT2D eigenvalue weighted by Crippen LogP contribution is -2.33. The van der Waals surface area contributed by atoms with Crippen molar-refractivity contribution in [2.24, 2.45) is 0 Å². The summed E-state index contributed by atoms with van der Waals surface area (Å²) in [4.78, 5) is 1.90. The first-order chi connectivity index (χ1) is 11.7. The first kappa shape index (κ1) is 16.8. The fourth-order valence-electron chi connectivity index (χ4n) is 3.36. The molecule has 1 N–H and O–H groups in total. The number of unbranched alkanes of at least 4 members (excludes halogenated alkanes) is 3. The Morgan fingerprint density at radius 2 is 1.71 bits per heavy atom. The number of likely N-dealkylation sites (N-methyl/N-ethyl adjacent to an activating group) is 1. The van der Waals surface area contributed by atoms with E-state index in [0.29, 0.717) is 0 Å². The van der Waals surface area contributed by atoms with Crippen molar-refractivity contribution in [1.82, 2.24) is 0 Å². The van der Waals surface area contributed by atoms with Crippen LogP contribution in [0.25, 0.3) is 5.57 Å². The van der Waals surface area contributed by atoms with Gasteiger partial charge in [-0.3, -0.25) is 0 Å². The Kier molecular flexibility index (Phi) is 5.37. The molecule has 2 aromatic rings. The molecule has 0 saturated heterocycles. The lowest BCUT2D eigenvalue weighted by Gasteiger charge is -2.31. The van der Waals surface area contributed by atoms with E-state index in [2.05, 4.69) is 49.4 Å². The summed E-state index contributed by atoms with van der Waals surface area (Å²) in [5.74, 6) is 0.